The molecule has 2 heterocycles. The number of amides is 1. The van der Waals surface area contributed by atoms with Crippen LogP contribution in [0.3, 0.4) is 0 Å². The second-order valence-electron chi connectivity index (χ2n) is 5.52. The molecule has 3 aromatic rings. The summed E-state index contributed by atoms with van der Waals surface area (Å²) in [5.41, 5.74) is 4.29. The molecule has 0 fully saturated rings. The Bertz CT molecular complexity index is 926. The molecule has 0 bridgehead atoms. The van der Waals surface area contributed by atoms with Gasteiger partial charge in [-0.15, -0.1) is 11.3 Å². The Balaban J connectivity index is 1.77. The van der Waals surface area contributed by atoms with Gasteiger partial charge in [-0.05, 0) is 30.3 Å². The van der Waals surface area contributed by atoms with Gasteiger partial charge < -0.3 is 9.64 Å². The van der Waals surface area contributed by atoms with Crippen molar-refractivity contribution in [3.8, 4) is 17.0 Å². The molecule has 126 valence electrons. The zero-order chi connectivity index (χ0) is 17.4. The standard InChI is InChI=1S/C18H12ClFN2O2S/c19-13-2-1-3-14(20)12(13)7-22-16-6-11(15-9-25-10-21-15)4-5-17(16)24-8-18(22)23/h1-6,9-10H,7-8H2. The molecule has 0 aliphatic carbocycles. The summed E-state index contributed by atoms with van der Waals surface area (Å²) < 4.78 is 19.6. The summed E-state index contributed by atoms with van der Waals surface area (Å²) in [5, 5.41) is 2.21. The van der Waals surface area contributed by atoms with Gasteiger partial charge in [0, 0.05) is 21.5 Å². The minimum atomic E-state index is -0.441. The van der Waals surface area contributed by atoms with Crippen molar-refractivity contribution in [2.45, 2.75) is 6.54 Å². The van der Waals surface area contributed by atoms with Gasteiger partial charge in [-0.25, -0.2) is 9.37 Å². The third kappa shape index (κ3) is 2.99. The van der Waals surface area contributed by atoms with E-state index >= 15 is 0 Å². The van der Waals surface area contributed by atoms with E-state index in [1.807, 2.05) is 17.5 Å². The van der Waals surface area contributed by atoms with Gasteiger partial charge in [0.05, 0.1) is 23.4 Å². The maximum absolute atomic E-state index is 14.1. The topological polar surface area (TPSA) is 42.4 Å². The molecule has 1 aliphatic heterocycles. The molecule has 0 spiro atoms. The number of carbonyl (C=O) groups excluding carboxylic acids is 1. The van der Waals surface area contributed by atoms with Crippen LogP contribution in [0, 0.1) is 5.82 Å². The van der Waals surface area contributed by atoms with Crippen molar-refractivity contribution in [3.63, 3.8) is 0 Å². The monoisotopic (exact) mass is 374 g/mol. The molecule has 0 saturated heterocycles. The number of rotatable bonds is 3. The Morgan fingerprint density at radius 3 is 2.96 bits per heavy atom. The average molecular weight is 375 g/mol. The number of fused-ring (bicyclic) bond motifs is 1. The second kappa shape index (κ2) is 6.46. The Morgan fingerprint density at radius 1 is 1.32 bits per heavy atom. The normalized spacial score (nSPS) is 13.5. The highest BCUT2D eigenvalue weighted by molar-refractivity contribution is 7.07. The number of nitrogens with zero attached hydrogens (tertiary/aromatic N) is 2. The van der Waals surface area contributed by atoms with E-state index in [0.29, 0.717) is 11.4 Å². The van der Waals surface area contributed by atoms with Gasteiger partial charge in [-0.3, -0.25) is 4.79 Å². The number of benzene rings is 2. The summed E-state index contributed by atoms with van der Waals surface area (Å²) in [4.78, 5) is 18.2. The maximum Gasteiger partial charge on any atom is 0.265 e. The van der Waals surface area contributed by atoms with Crippen molar-refractivity contribution in [1.82, 2.24) is 4.98 Å². The van der Waals surface area contributed by atoms with E-state index < -0.39 is 5.82 Å². The number of hydrogen-bond acceptors (Lipinski definition) is 4. The molecule has 1 aliphatic rings. The van der Waals surface area contributed by atoms with E-state index in [0.717, 1.165) is 11.3 Å². The van der Waals surface area contributed by atoms with E-state index in [9.17, 15) is 9.18 Å². The highest BCUT2D eigenvalue weighted by Gasteiger charge is 2.27. The molecule has 25 heavy (non-hydrogen) atoms. The number of anilines is 1. The highest BCUT2D eigenvalue weighted by Crippen LogP contribution is 2.37. The van der Waals surface area contributed by atoms with Gasteiger partial charge in [0.1, 0.15) is 11.6 Å². The van der Waals surface area contributed by atoms with Crippen LogP contribution in [-0.2, 0) is 11.3 Å². The van der Waals surface area contributed by atoms with Crippen molar-refractivity contribution in [3.05, 3.63) is 63.7 Å². The second-order valence-corrected chi connectivity index (χ2v) is 6.65. The van der Waals surface area contributed by atoms with Gasteiger partial charge in [-0.1, -0.05) is 17.7 Å². The van der Waals surface area contributed by atoms with Gasteiger partial charge in [-0.2, -0.15) is 0 Å². The van der Waals surface area contributed by atoms with Crippen molar-refractivity contribution in [1.29, 1.82) is 0 Å². The Labute approximate surface area is 152 Å². The minimum absolute atomic E-state index is 0.0429. The Morgan fingerprint density at radius 2 is 2.20 bits per heavy atom. The summed E-state index contributed by atoms with van der Waals surface area (Å²) in [6, 6.07) is 9.99. The number of hydrogen-bond donors (Lipinski definition) is 0. The van der Waals surface area contributed by atoms with Crippen LogP contribution in [0.15, 0.2) is 47.3 Å². The highest BCUT2D eigenvalue weighted by atomic mass is 35.5. The van der Waals surface area contributed by atoms with Crippen molar-refractivity contribution in [2.75, 3.05) is 11.5 Å². The molecule has 2 aromatic carbocycles. The number of halogens is 2. The summed E-state index contributed by atoms with van der Waals surface area (Å²) >= 11 is 7.61. The first-order valence-corrected chi connectivity index (χ1v) is 8.84. The fourth-order valence-corrected chi connectivity index (χ4v) is 3.52. The lowest BCUT2D eigenvalue weighted by atomic mass is 10.1. The molecule has 1 aromatic heterocycles. The van der Waals surface area contributed by atoms with E-state index in [-0.39, 0.29) is 29.6 Å². The van der Waals surface area contributed by atoms with Crippen LogP contribution in [0.5, 0.6) is 5.75 Å². The molecule has 7 heteroatoms. The Kier molecular flexibility index (Phi) is 4.15. The lowest BCUT2D eigenvalue weighted by Crippen LogP contribution is -2.38. The summed E-state index contributed by atoms with van der Waals surface area (Å²) in [7, 11) is 0. The summed E-state index contributed by atoms with van der Waals surface area (Å²) in [6.45, 7) is -0.0453. The molecule has 1 amide bonds. The number of carbonyl (C=O) groups is 1. The van der Waals surface area contributed by atoms with E-state index in [1.54, 1.807) is 17.6 Å². The van der Waals surface area contributed by atoms with Crippen molar-refractivity contribution < 1.29 is 13.9 Å². The van der Waals surface area contributed by atoms with Gasteiger partial charge >= 0.3 is 0 Å². The van der Waals surface area contributed by atoms with E-state index in [1.165, 1.54) is 28.4 Å². The first-order chi connectivity index (χ1) is 12.1. The van der Waals surface area contributed by atoms with Gasteiger partial charge in [0.25, 0.3) is 5.91 Å². The Hall–Kier alpha value is -2.44. The fraction of sp³-hybridized carbons (Fsp3) is 0.111. The van der Waals surface area contributed by atoms with Crippen molar-refractivity contribution >= 4 is 34.5 Å². The number of thiazole rings is 1. The zero-order valence-corrected chi connectivity index (χ0v) is 14.5. The smallest absolute Gasteiger partial charge is 0.265 e. The van der Waals surface area contributed by atoms with Gasteiger partial charge in [0.2, 0.25) is 0 Å². The van der Waals surface area contributed by atoms with Crippen LogP contribution in [-0.4, -0.2) is 17.5 Å². The van der Waals surface area contributed by atoms with Crippen LogP contribution >= 0.6 is 22.9 Å². The van der Waals surface area contributed by atoms with Crippen LogP contribution in [0.25, 0.3) is 11.3 Å². The molecule has 0 unspecified atom stereocenters. The average Bonchev–Trinajstić information content (AvgIpc) is 3.14. The molecule has 4 rings (SSSR count). The molecule has 0 N–H and O–H groups in total. The minimum Gasteiger partial charge on any atom is -0.482 e. The molecule has 0 atom stereocenters. The van der Waals surface area contributed by atoms with Crippen LogP contribution in [0.1, 0.15) is 5.56 Å². The fourth-order valence-electron chi connectivity index (χ4n) is 2.73. The van der Waals surface area contributed by atoms with Crippen LogP contribution < -0.4 is 9.64 Å². The summed E-state index contributed by atoms with van der Waals surface area (Å²) in [5.74, 6) is -0.114. The van der Waals surface area contributed by atoms with E-state index in [4.69, 9.17) is 16.3 Å². The maximum atomic E-state index is 14.1. The third-order valence-electron chi connectivity index (χ3n) is 4.01. The molecular formula is C18H12ClFN2O2S. The lowest BCUT2D eigenvalue weighted by Gasteiger charge is -2.30. The first kappa shape index (κ1) is 16.1. The largest absolute Gasteiger partial charge is 0.482 e. The van der Waals surface area contributed by atoms with Gasteiger partial charge in [0.15, 0.2) is 6.61 Å². The quantitative estimate of drug-likeness (QED) is 0.676. The SMILES string of the molecule is O=C1COc2ccc(-c3cscn3)cc2N1Cc1c(F)cccc1Cl. The predicted molar refractivity (Wildman–Crippen MR) is 95.6 cm³/mol. The molecule has 4 nitrogen and oxygen atoms in total. The molecule has 0 saturated carbocycles. The molecule has 0 radical (unpaired) electrons. The number of aromatic nitrogens is 1. The first-order valence-electron chi connectivity index (χ1n) is 7.52. The van der Waals surface area contributed by atoms with Crippen LogP contribution in [0.2, 0.25) is 5.02 Å². The van der Waals surface area contributed by atoms with E-state index in [2.05, 4.69) is 4.98 Å². The zero-order valence-electron chi connectivity index (χ0n) is 12.9. The van der Waals surface area contributed by atoms with Crippen LogP contribution in [0.4, 0.5) is 10.1 Å². The molecular weight excluding hydrogens is 363 g/mol. The number of ether oxygens (including phenoxy) is 1. The lowest BCUT2D eigenvalue weighted by molar-refractivity contribution is -0.121. The third-order valence-corrected chi connectivity index (χ3v) is 4.95. The summed E-state index contributed by atoms with van der Waals surface area (Å²) in [6.07, 6.45) is 0. The van der Waals surface area contributed by atoms with Crippen molar-refractivity contribution in [2.24, 2.45) is 0 Å². The predicted octanol–water partition coefficient (Wildman–Crippen LogP) is 4.53.